The Morgan fingerprint density at radius 1 is 1.40 bits per heavy atom. The summed E-state index contributed by atoms with van der Waals surface area (Å²) >= 11 is 2.00. The number of nitrogens with zero attached hydrogens (tertiary/aromatic N) is 2. The number of hydrogen-bond donors (Lipinski definition) is 1. The van der Waals surface area contributed by atoms with E-state index in [1.54, 1.807) is 7.11 Å². The smallest absolute Gasteiger partial charge is 0.256 e. The summed E-state index contributed by atoms with van der Waals surface area (Å²) in [5, 5.41) is 8.14. The molecule has 1 aliphatic rings. The van der Waals surface area contributed by atoms with Crippen LogP contribution >= 0.6 is 11.8 Å². The molecule has 2 N–H and O–H groups in total. The maximum absolute atomic E-state index is 5.81. The average molecular weight is 225 g/mol. The lowest BCUT2D eigenvalue weighted by Gasteiger charge is -2.20. The van der Waals surface area contributed by atoms with Gasteiger partial charge in [-0.2, -0.15) is 16.9 Å². The SMILES string of the molecule is COc1nnc(C2CCSCC2)cc1N. The second-order valence-electron chi connectivity index (χ2n) is 3.62. The zero-order valence-electron chi connectivity index (χ0n) is 8.77. The predicted molar refractivity (Wildman–Crippen MR) is 62.3 cm³/mol. The number of rotatable bonds is 2. The summed E-state index contributed by atoms with van der Waals surface area (Å²) in [6.45, 7) is 0. The Morgan fingerprint density at radius 3 is 2.73 bits per heavy atom. The van der Waals surface area contributed by atoms with E-state index in [2.05, 4.69) is 10.2 Å². The standard InChI is InChI=1S/C10H15N3OS/c1-14-10-8(11)6-9(12-13-10)7-2-4-15-5-3-7/h6-7H,2-5H2,1H3,(H2,11,12). The minimum atomic E-state index is 0.420. The quantitative estimate of drug-likeness (QED) is 0.829. The van der Waals surface area contributed by atoms with Crippen molar-refractivity contribution < 1.29 is 4.74 Å². The molecule has 0 bridgehead atoms. The monoisotopic (exact) mass is 225 g/mol. The molecule has 0 amide bonds. The Labute approximate surface area is 93.6 Å². The van der Waals surface area contributed by atoms with Crippen LogP contribution in [0.4, 0.5) is 5.69 Å². The third-order valence-electron chi connectivity index (χ3n) is 2.64. The number of anilines is 1. The first-order valence-corrected chi connectivity index (χ1v) is 6.21. The molecule has 1 aliphatic heterocycles. The molecule has 15 heavy (non-hydrogen) atoms. The van der Waals surface area contributed by atoms with Gasteiger partial charge in [0.25, 0.3) is 5.88 Å². The molecule has 2 heterocycles. The molecule has 0 atom stereocenters. The third kappa shape index (κ3) is 2.34. The minimum Gasteiger partial charge on any atom is -0.478 e. The van der Waals surface area contributed by atoms with Crippen LogP contribution in [0, 0.1) is 0 Å². The van der Waals surface area contributed by atoms with Crippen molar-refractivity contribution in [2.45, 2.75) is 18.8 Å². The molecular formula is C10H15N3OS. The van der Waals surface area contributed by atoms with E-state index in [0.717, 1.165) is 5.69 Å². The summed E-state index contributed by atoms with van der Waals surface area (Å²) in [7, 11) is 1.55. The Kier molecular flexibility index (Phi) is 3.30. The number of aromatic nitrogens is 2. The van der Waals surface area contributed by atoms with Gasteiger partial charge in [-0.3, -0.25) is 0 Å². The summed E-state index contributed by atoms with van der Waals surface area (Å²) in [5.41, 5.74) is 7.40. The molecule has 0 aromatic carbocycles. The Morgan fingerprint density at radius 2 is 2.13 bits per heavy atom. The van der Waals surface area contributed by atoms with Gasteiger partial charge in [-0.1, -0.05) is 0 Å². The molecule has 82 valence electrons. The maximum atomic E-state index is 5.81. The molecular weight excluding hydrogens is 210 g/mol. The minimum absolute atomic E-state index is 0.420. The van der Waals surface area contributed by atoms with Gasteiger partial charge >= 0.3 is 0 Å². The van der Waals surface area contributed by atoms with E-state index in [0.29, 0.717) is 17.5 Å². The van der Waals surface area contributed by atoms with Crippen LogP contribution in [0.3, 0.4) is 0 Å². The van der Waals surface area contributed by atoms with Gasteiger partial charge < -0.3 is 10.5 Å². The molecule has 0 saturated carbocycles. The molecule has 1 saturated heterocycles. The molecule has 0 spiro atoms. The molecule has 5 heteroatoms. The van der Waals surface area contributed by atoms with Gasteiger partial charge in [0, 0.05) is 5.92 Å². The molecule has 0 aliphatic carbocycles. The number of thioether (sulfide) groups is 1. The van der Waals surface area contributed by atoms with Crippen LogP contribution in [0.1, 0.15) is 24.5 Å². The van der Waals surface area contributed by atoms with E-state index in [1.807, 2.05) is 17.8 Å². The highest BCUT2D eigenvalue weighted by molar-refractivity contribution is 7.99. The van der Waals surface area contributed by atoms with Crippen LogP contribution in [0.25, 0.3) is 0 Å². The van der Waals surface area contributed by atoms with E-state index >= 15 is 0 Å². The first-order valence-electron chi connectivity index (χ1n) is 5.06. The van der Waals surface area contributed by atoms with Gasteiger partial charge in [-0.05, 0) is 30.4 Å². The fourth-order valence-corrected chi connectivity index (χ4v) is 2.87. The normalized spacial score (nSPS) is 17.7. The van der Waals surface area contributed by atoms with Crippen LogP contribution in [-0.4, -0.2) is 28.8 Å². The molecule has 1 aromatic heterocycles. The summed E-state index contributed by atoms with van der Waals surface area (Å²) < 4.78 is 4.98. The predicted octanol–water partition coefficient (Wildman–Crippen LogP) is 1.68. The van der Waals surface area contributed by atoms with Crippen molar-refractivity contribution in [2.24, 2.45) is 0 Å². The fraction of sp³-hybridized carbons (Fsp3) is 0.600. The van der Waals surface area contributed by atoms with Crippen molar-refractivity contribution >= 4 is 17.4 Å². The highest BCUT2D eigenvalue weighted by Gasteiger charge is 2.18. The summed E-state index contributed by atoms with van der Waals surface area (Å²) in [4.78, 5) is 0. The lowest BCUT2D eigenvalue weighted by Crippen LogP contribution is -2.11. The summed E-state index contributed by atoms with van der Waals surface area (Å²) in [5.74, 6) is 3.35. The van der Waals surface area contributed by atoms with E-state index in [9.17, 15) is 0 Å². The van der Waals surface area contributed by atoms with E-state index in [-0.39, 0.29) is 0 Å². The van der Waals surface area contributed by atoms with Gasteiger partial charge in [-0.25, -0.2) is 0 Å². The number of methoxy groups -OCH3 is 1. The van der Waals surface area contributed by atoms with Gasteiger partial charge in [0.15, 0.2) is 0 Å². The van der Waals surface area contributed by atoms with Crippen molar-refractivity contribution in [3.8, 4) is 5.88 Å². The highest BCUT2D eigenvalue weighted by atomic mass is 32.2. The van der Waals surface area contributed by atoms with Crippen molar-refractivity contribution in [3.05, 3.63) is 11.8 Å². The number of ether oxygens (including phenoxy) is 1. The van der Waals surface area contributed by atoms with E-state index in [1.165, 1.54) is 24.3 Å². The van der Waals surface area contributed by atoms with Crippen molar-refractivity contribution in [2.75, 3.05) is 24.3 Å². The Balaban J connectivity index is 2.17. The zero-order chi connectivity index (χ0) is 10.7. The average Bonchev–Trinajstić information content (AvgIpc) is 2.30. The molecule has 4 nitrogen and oxygen atoms in total. The molecule has 1 aromatic rings. The lowest BCUT2D eigenvalue weighted by molar-refractivity contribution is 0.392. The first kappa shape index (κ1) is 10.5. The van der Waals surface area contributed by atoms with Crippen LogP contribution in [0.2, 0.25) is 0 Å². The van der Waals surface area contributed by atoms with Crippen molar-refractivity contribution in [3.63, 3.8) is 0 Å². The second-order valence-corrected chi connectivity index (χ2v) is 4.85. The molecule has 0 unspecified atom stereocenters. The summed E-state index contributed by atoms with van der Waals surface area (Å²) in [6, 6.07) is 1.90. The van der Waals surface area contributed by atoms with Crippen LogP contribution < -0.4 is 10.5 Å². The molecule has 2 rings (SSSR count). The molecule has 1 fully saturated rings. The third-order valence-corrected chi connectivity index (χ3v) is 3.69. The fourth-order valence-electron chi connectivity index (χ4n) is 1.76. The van der Waals surface area contributed by atoms with Gasteiger partial charge in [0.2, 0.25) is 0 Å². The Bertz CT molecular complexity index is 339. The summed E-state index contributed by atoms with van der Waals surface area (Å²) in [6.07, 6.45) is 2.34. The maximum Gasteiger partial charge on any atom is 0.256 e. The zero-order valence-corrected chi connectivity index (χ0v) is 9.59. The first-order chi connectivity index (χ1) is 7.31. The second kappa shape index (κ2) is 4.70. The van der Waals surface area contributed by atoms with Crippen LogP contribution in [0.15, 0.2) is 6.07 Å². The van der Waals surface area contributed by atoms with Gasteiger partial charge in [-0.15, -0.1) is 5.10 Å². The topological polar surface area (TPSA) is 61.0 Å². The van der Waals surface area contributed by atoms with Crippen LogP contribution in [0.5, 0.6) is 5.88 Å². The lowest BCUT2D eigenvalue weighted by atomic mass is 9.98. The largest absolute Gasteiger partial charge is 0.478 e. The van der Waals surface area contributed by atoms with E-state index < -0.39 is 0 Å². The molecule has 0 radical (unpaired) electrons. The number of hydrogen-bond acceptors (Lipinski definition) is 5. The van der Waals surface area contributed by atoms with Crippen molar-refractivity contribution in [1.29, 1.82) is 0 Å². The van der Waals surface area contributed by atoms with E-state index in [4.69, 9.17) is 10.5 Å². The van der Waals surface area contributed by atoms with Gasteiger partial charge in [0.05, 0.1) is 18.5 Å². The van der Waals surface area contributed by atoms with Crippen molar-refractivity contribution in [1.82, 2.24) is 10.2 Å². The highest BCUT2D eigenvalue weighted by Crippen LogP contribution is 2.31. The Hall–Kier alpha value is -0.970. The number of nitrogen functional groups attached to an aromatic ring is 1. The van der Waals surface area contributed by atoms with Gasteiger partial charge in [0.1, 0.15) is 0 Å². The number of nitrogens with two attached hydrogens (primary N) is 1. The van der Waals surface area contributed by atoms with Crippen LogP contribution in [-0.2, 0) is 0 Å².